The molecule has 2 rings (SSSR count). The van der Waals surface area contributed by atoms with E-state index in [1.54, 1.807) is 6.33 Å². The van der Waals surface area contributed by atoms with Gasteiger partial charge in [0.2, 0.25) is 0 Å². The van der Waals surface area contributed by atoms with Crippen LogP contribution in [-0.2, 0) is 6.42 Å². The Morgan fingerprint density at radius 3 is 2.94 bits per heavy atom. The standard InChI is InChI=1S/C12H22N4/c1-4-12(6-5-7-14-12)8-11-13-9-15-16(11)10(2)3/h9-10,14H,4-8H2,1-3H3. The second kappa shape index (κ2) is 4.53. The van der Waals surface area contributed by atoms with Crippen LogP contribution in [0.5, 0.6) is 0 Å². The predicted octanol–water partition coefficient (Wildman–Crippen LogP) is 1.93. The van der Waals surface area contributed by atoms with E-state index >= 15 is 0 Å². The molecule has 0 amide bonds. The summed E-state index contributed by atoms with van der Waals surface area (Å²) in [4.78, 5) is 4.41. The van der Waals surface area contributed by atoms with E-state index in [-0.39, 0.29) is 5.54 Å². The Balaban J connectivity index is 2.16. The Morgan fingerprint density at radius 2 is 2.38 bits per heavy atom. The van der Waals surface area contributed by atoms with Crippen molar-refractivity contribution in [3.63, 3.8) is 0 Å². The molecule has 1 saturated heterocycles. The number of hydrogen-bond donors (Lipinski definition) is 1. The first-order valence-corrected chi connectivity index (χ1v) is 6.30. The van der Waals surface area contributed by atoms with Gasteiger partial charge >= 0.3 is 0 Å². The van der Waals surface area contributed by atoms with E-state index in [1.807, 2.05) is 4.68 Å². The van der Waals surface area contributed by atoms with E-state index in [9.17, 15) is 0 Å². The second-order valence-electron chi connectivity index (χ2n) is 5.06. The molecule has 16 heavy (non-hydrogen) atoms. The number of nitrogens with one attached hydrogen (secondary N) is 1. The second-order valence-corrected chi connectivity index (χ2v) is 5.06. The molecule has 1 N–H and O–H groups in total. The molecule has 0 bridgehead atoms. The van der Waals surface area contributed by atoms with Gasteiger partial charge in [-0.3, -0.25) is 0 Å². The quantitative estimate of drug-likeness (QED) is 0.846. The molecule has 0 spiro atoms. The summed E-state index contributed by atoms with van der Waals surface area (Å²) in [6.45, 7) is 7.70. The van der Waals surface area contributed by atoms with Crippen molar-refractivity contribution in [3.8, 4) is 0 Å². The molecule has 2 heterocycles. The molecule has 90 valence electrons. The summed E-state index contributed by atoms with van der Waals surface area (Å²) in [5.41, 5.74) is 0.264. The normalized spacial score (nSPS) is 25.5. The lowest BCUT2D eigenvalue weighted by Crippen LogP contribution is -2.42. The van der Waals surface area contributed by atoms with Gasteiger partial charge < -0.3 is 5.32 Å². The zero-order valence-corrected chi connectivity index (χ0v) is 10.5. The summed E-state index contributed by atoms with van der Waals surface area (Å²) in [5.74, 6) is 1.12. The van der Waals surface area contributed by atoms with Crippen LogP contribution in [0, 0.1) is 0 Å². The van der Waals surface area contributed by atoms with E-state index in [0.717, 1.165) is 25.2 Å². The molecule has 1 fully saturated rings. The molecule has 1 aliphatic rings. The molecular weight excluding hydrogens is 200 g/mol. The third-order valence-corrected chi connectivity index (χ3v) is 3.64. The summed E-state index contributed by atoms with van der Waals surface area (Å²) >= 11 is 0. The van der Waals surface area contributed by atoms with Crippen molar-refractivity contribution in [2.24, 2.45) is 0 Å². The molecule has 1 aromatic heterocycles. The number of nitrogens with zero attached hydrogens (tertiary/aromatic N) is 3. The van der Waals surface area contributed by atoms with Gasteiger partial charge in [-0.1, -0.05) is 6.92 Å². The maximum atomic E-state index is 4.41. The monoisotopic (exact) mass is 222 g/mol. The van der Waals surface area contributed by atoms with Gasteiger partial charge in [-0.15, -0.1) is 0 Å². The van der Waals surface area contributed by atoms with Gasteiger partial charge in [-0.05, 0) is 39.7 Å². The van der Waals surface area contributed by atoms with Crippen molar-refractivity contribution in [2.45, 2.75) is 58.0 Å². The topological polar surface area (TPSA) is 42.7 Å². The molecule has 0 aromatic carbocycles. The van der Waals surface area contributed by atoms with Crippen molar-refractivity contribution in [2.75, 3.05) is 6.54 Å². The number of aromatic nitrogens is 3. The van der Waals surface area contributed by atoms with Gasteiger partial charge in [0.15, 0.2) is 0 Å². The van der Waals surface area contributed by atoms with E-state index in [1.165, 1.54) is 12.8 Å². The van der Waals surface area contributed by atoms with Gasteiger partial charge in [-0.25, -0.2) is 9.67 Å². The Hall–Kier alpha value is -0.900. The Labute approximate surface area is 97.5 Å². The molecule has 0 radical (unpaired) electrons. The fourth-order valence-electron chi connectivity index (χ4n) is 2.58. The van der Waals surface area contributed by atoms with Crippen molar-refractivity contribution >= 4 is 0 Å². The van der Waals surface area contributed by atoms with Crippen LogP contribution >= 0.6 is 0 Å². The Bertz CT molecular complexity index is 337. The minimum atomic E-state index is 0.264. The fraction of sp³-hybridized carbons (Fsp3) is 0.833. The van der Waals surface area contributed by atoms with Crippen molar-refractivity contribution in [3.05, 3.63) is 12.2 Å². The summed E-state index contributed by atoms with van der Waals surface area (Å²) in [5, 5.41) is 7.94. The maximum Gasteiger partial charge on any atom is 0.138 e. The van der Waals surface area contributed by atoms with E-state index in [0.29, 0.717) is 6.04 Å². The highest BCUT2D eigenvalue weighted by Crippen LogP contribution is 2.27. The minimum absolute atomic E-state index is 0.264. The van der Waals surface area contributed by atoms with Gasteiger partial charge in [0.1, 0.15) is 12.2 Å². The average Bonchev–Trinajstić information content (AvgIpc) is 2.88. The van der Waals surface area contributed by atoms with Gasteiger partial charge in [0.05, 0.1) is 0 Å². The summed E-state index contributed by atoms with van der Waals surface area (Å²) < 4.78 is 2.04. The third-order valence-electron chi connectivity index (χ3n) is 3.64. The molecule has 1 atom stereocenters. The Morgan fingerprint density at radius 1 is 1.56 bits per heavy atom. The third kappa shape index (κ3) is 2.12. The van der Waals surface area contributed by atoms with Crippen LogP contribution in [0.15, 0.2) is 6.33 Å². The minimum Gasteiger partial charge on any atom is -0.311 e. The van der Waals surface area contributed by atoms with Crippen LogP contribution in [0.4, 0.5) is 0 Å². The van der Waals surface area contributed by atoms with E-state index < -0.39 is 0 Å². The first kappa shape index (κ1) is 11.6. The lowest BCUT2D eigenvalue weighted by atomic mass is 9.90. The molecule has 1 aromatic rings. The maximum absolute atomic E-state index is 4.41. The van der Waals surface area contributed by atoms with Crippen LogP contribution in [0.2, 0.25) is 0 Å². The van der Waals surface area contributed by atoms with E-state index in [4.69, 9.17) is 0 Å². The molecule has 0 saturated carbocycles. The highest BCUT2D eigenvalue weighted by molar-refractivity contribution is 5.02. The van der Waals surface area contributed by atoms with Gasteiger partial charge in [0.25, 0.3) is 0 Å². The highest BCUT2D eigenvalue weighted by atomic mass is 15.3. The van der Waals surface area contributed by atoms with Crippen LogP contribution in [0.1, 0.15) is 51.9 Å². The number of rotatable bonds is 4. The lowest BCUT2D eigenvalue weighted by Gasteiger charge is -2.28. The van der Waals surface area contributed by atoms with Crippen LogP contribution in [0.3, 0.4) is 0 Å². The molecule has 1 aliphatic heterocycles. The molecule has 0 aliphatic carbocycles. The molecule has 4 nitrogen and oxygen atoms in total. The van der Waals surface area contributed by atoms with Gasteiger partial charge in [-0.2, -0.15) is 5.10 Å². The fourth-order valence-corrected chi connectivity index (χ4v) is 2.58. The summed E-state index contributed by atoms with van der Waals surface area (Å²) in [6.07, 6.45) is 6.38. The average molecular weight is 222 g/mol. The highest BCUT2D eigenvalue weighted by Gasteiger charge is 2.33. The zero-order valence-electron chi connectivity index (χ0n) is 10.5. The Kier molecular flexibility index (Phi) is 3.28. The predicted molar refractivity (Wildman–Crippen MR) is 64.4 cm³/mol. The van der Waals surface area contributed by atoms with Gasteiger partial charge in [0, 0.05) is 18.0 Å². The smallest absolute Gasteiger partial charge is 0.138 e. The summed E-state index contributed by atoms with van der Waals surface area (Å²) in [6, 6.07) is 0.396. The van der Waals surface area contributed by atoms with Crippen molar-refractivity contribution in [1.82, 2.24) is 20.1 Å². The first-order chi connectivity index (χ1) is 7.67. The molecule has 4 heteroatoms. The van der Waals surface area contributed by atoms with Crippen molar-refractivity contribution in [1.29, 1.82) is 0 Å². The largest absolute Gasteiger partial charge is 0.311 e. The SMILES string of the molecule is CCC1(Cc2ncnn2C(C)C)CCCN1. The van der Waals surface area contributed by atoms with Crippen molar-refractivity contribution < 1.29 is 0 Å². The summed E-state index contributed by atoms with van der Waals surface area (Å²) in [7, 11) is 0. The lowest BCUT2D eigenvalue weighted by molar-refractivity contribution is 0.340. The molecular formula is C12H22N4. The number of hydrogen-bond acceptors (Lipinski definition) is 3. The van der Waals surface area contributed by atoms with Crippen LogP contribution < -0.4 is 5.32 Å². The van der Waals surface area contributed by atoms with E-state index in [2.05, 4.69) is 36.2 Å². The first-order valence-electron chi connectivity index (χ1n) is 6.30. The molecule has 1 unspecified atom stereocenters. The van der Waals surface area contributed by atoms with Crippen LogP contribution in [-0.4, -0.2) is 26.8 Å². The van der Waals surface area contributed by atoms with Crippen LogP contribution in [0.25, 0.3) is 0 Å². The zero-order chi connectivity index (χ0) is 11.6.